The van der Waals surface area contributed by atoms with Crippen LogP contribution in [0.5, 0.6) is 0 Å². The van der Waals surface area contributed by atoms with E-state index in [9.17, 15) is 4.39 Å². The lowest BCUT2D eigenvalue weighted by atomic mass is 9.91. The first-order chi connectivity index (χ1) is 7.25. The number of rotatable bonds is 2. The highest BCUT2D eigenvalue weighted by atomic mass is 35.5. The van der Waals surface area contributed by atoms with E-state index in [4.69, 9.17) is 11.6 Å². The average molecular weight is 264 g/mol. The third-order valence-electron chi connectivity index (χ3n) is 2.98. The van der Waals surface area contributed by atoms with Crippen LogP contribution in [0.1, 0.15) is 18.4 Å². The fraction of sp³-hybridized carbons (Fsp3) is 0.500. The lowest BCUT2D eigenvalue weighted by Crippen LogP contribution is -2.28. The maximum Gasteiger partial charge on any atom is 0.127 e. The van der Waals surface area contributed by atoms with E-state index >= 15 is 0 Å². The van der Waals surface area contributed by atoms with Crippen molar-refractivity contribution in [2.45, 2.75) is 19.3 Å². The third-order valence-corrected chi connectivity index (χ3v) is 3.22. The van der Waals surface area contributed by atoms with Gasteiger partial charge in [0.15, 0.2) is 0 Å². The molecule has 0 spiro atoms. The highest BCUT2D eigenvalue weighted by Gasteiger charge is 2.15. The predicted molar refractivity (Wildman–Crippen MR) is 68.0 cm³/mol. The van der Waals surface area contributed by atoms with Crippen LogP contribution >= 0.6 is 24.0 Å². The standard InChI is InChI=1S/C12H15ClFN.ClH/c13-11-2-1-10(12(14)8-11)7-9-3-5-15-6-4-9;/h1-2,8-9,15H,3-7H2;1H. The summed E-state index contributed by atoms with van der Waals surface area (Å²) in [6.45, 7) is 2.11. The lowest BCUT2D eigenvalue weighted by molar-refractivity contribution is 0.368. The Balaban J connectivity index is 0.00000128. The van der Waals surface area contributed by atoms with Crippen LogP contribution in [0.4, 0.5) is 4.39 Å². The first-order valence-electron chi connectivity index (χ1n) is 5.40. The average Bonchev–Trinajstić information content (AvgIpc) is 2.24. The molecule has 1 saturated heterocycles. The molecular weight excluding hydrogens is 248 g/mol. The summed E-state index contributed by atoms with van der Waals surface area (Å²) in [6, 6.07) is 4.97. The fourth-order valence-corrected chi connectivity index (χ4v) is 2.24. The molecule has 1 aromatic carbocycles. The molecule has 1 fully saturated rings. The number of hydrogen-bond donors (Lipinski definition) is 1. The van der Waals surface area contributed by atoms with Gasteiger partial charge in [-0.15, -0.1) is 12.4 Å². The van der Waals surface area contributed by atoms with E-state index in [0.717, 1.165) is 37.9 Å². The summed E-state index contributed by atoms with van der Waals surface area (Å²) in [5.74, 6) is 0.447. The van der Waals surface area contributed by atoms with Crippen molar-refractivity contribution in [2.75, 3.05) is 13.1 Å². The number of halogens is 3. The van der Waals surface area contributed by atoms with Gasteiger partial charge in [0.2, 0.25) is 0 Å². The lowest BCUT2D eigenvalue weighted by Gasteiger charge is -2.22. The van der Waals surface area contributed by atoms with Crippen LogP contribution in [-0.2, 0) is 6.42 Å². The van der Waals surface area contributed by atoms with E-state index in [0.29, 0.717) is 10.9 Å². The summed E-state index contributed by atoms with van der Waals surface area (Å²) >= 11 is 5.71. The molecule has 0 unspecified atom stereocenters. The quantitative estimate of drug-likeness (QED) is 0.862. The van der Waals surface area contributed by atoms with E-state index < -0.39 is 0 Å². The van der Waals surface area contributed by atoms with Crippen LogP contribution in [0.15, 0.2) is 18.2 Å². The third kappa shape index (κ3) is 3.62. The SMILES string of the molecule is Cl.Fc1cc(Cl)ccc1CC1CCNCC1. The van der Waals surface area contributed by atoms with Crippen molar-refractivity contribution in [3.8, 4) is 0 Å². The van der Waals surface area contributed by atoms with Gasteiger partial charge < -0.3 is 5.32 Å². The molecule has 1 aliphatic rings. The first-order valence-corrected chi connectivity index (χ1v) is 5.78. The second kappa shape index (κ2) is 6.43. The molecule has 90 valence electrons. The van der Waals surface area contributed by atoms with Gasteiger partial charge in [0, 0.05) is 5.02 Å². The maximum absolute atomic E-state index is 13.5. The second-order valence-electron chi connectivity index (χ2n) is 4.13. The van der Waals surface area contributed by atoms with Crippen molar-refractivity contribution in [3.05, 3.63) is 34.6 Å². The van der Waals surface area contributed by atoms with Crippen LogP contribution in [0.2, 0.25) is 5.02 Å². The predicted octanol–water partition coefficient (Wildman–Crippen LogP) is 3.44. The Bertz CT molecular complexity index is 338. The van der Waals surface area contributed by atoms with Crippen molar-refractivity contribution in [1.29, 1.82) is 0 Å². The van der Waals surface area contributed by atoms with E-state index in [1.54, 1.807) is 12.1 Å². The normalized spacial score (nSPS) is 16.9. The molecule has 2 rings (SSSR count). The minimum Gasteiger partial charge on any atom is -0.317 e. The summed E-state index contributed by atoms with van der Waals surface area (Å²) in [6.07, 6.45) is 3.12. The van der Waals surface area contributed by atoms with Crippen molar-refractivity contribution >= 4 is 24.0 Å². The zero-order valence-electron chi connectivity index (χ0n) is 9.01. The molecule has 0 amide bonds. The summed E-state index contributed by atoms with van der Waals surface area (Å²) in [7, 11) is 0. The molecule has 0 aliphatic carbocycles. The van der Waals surface area contributed by atoms with Crippen LogP contribution in [0, 0.1) is 11.7 Å². The van der Waals surface area contributed by atoms with Gasteiger partial charge in [0.05, 0.1) is 0 Å². The molecule has 4 heteroatoms. The fourth-order valence-electron chi connectivity index (χ4n) is 2.08. The molecule has 1 nitrogen and oxygen atoms in total. The summed E-state index contributed by atoms with van der Waals surface area (Å²) in [5, 5.41) is 3.78. The highest BCUT2D eigenvalue weighted by Crippen LogP contribution is 2.21. The van der Waals surface area contributed by atoms with Gasteiger partial charge in [-0.3, -0.25) is 0 Å². The minimum absolute atomic E-state index is 0. The van der Waals surface area contributed by atoms with E-state index in [1.807, 2.05) is 0 Å². The zero-order valence-corrected chi connectivity index (χ0v) is 10.6. The molecule has 1 N–H and O–H groups in total. The van der Waals surface area contributed by atoms with Gasteiger partial charge in [-0.2, -0.15) is 0 Å². The molecule has 16 heavy (non-hydrogen) atoms. The van der Waals surface area contributed by atoms with Crippen LogP contribution in [0.25, 0.3) is 0 Å². The molecule has 1 aromatic rings. The highest BCUT2D eigenvalue weighted by molar-refractivity contribution is 6.30. The molecule has 0 atom stereocenters. The Kier molecular flexibility index (Phi) is 5.53. The zero-order chi connectivity index (χ0) is 10.7. The minimum atomic E-state index is -0.166. The Labute approximate surface area is 107 Å². The van der Waals surface area contributed by atoms with E-state index in [2.05, 4.69) is 5.32 Å². The molecular formula is C12H16Cl2FN. The number of nitrogens with one attached hydrogen (secondary N) is 1. The van der Waals surface area contributed by atoms with Crippen LogP contribution in [-0.4, -0.2) is 13.1 Å². The molecule has 0 radical (unpaired) electrons. The topological polar surface area (TPSA) is 12.0 Å². The van der Waals surface area contributed by atoms with Crippen LogP contribution < -0.4 is 5.32 Å². The smallest absolute Gasteiger partial charge is 0.127 e. The number of piperidine rings is 1. The number of benzene rings is 1. The second-order valence-corrected chi connectivity index (χ2v) is 4.57. The summed E-state index contributed by atoms with van der Waals surface area (Å²) < 4.78 is 13.5. The van der Waals surface area contributed by atoms with Gasteiger partial charge in [-0.1, -0.05) is 17.7 Å². The summed E-state index contributed by atoms with van der Waals surface area (Å²) in [5.41, 5.74) is 0.798. The van der Waals surface area contributed by atoms with E-state index in [-0.39, 0.29) is 18.2 Å². The van der Waals surface area contributed by atoms with Gasteiger partial charge in [-0.25, -0.2) is 4.39 Å². The van der Waals surface area contributed by atoms with Crippen molar-refractivity contribution < 1.29 is 4.39 Å². The molecule has 1 aliphatic heterocycles. The first kappa shape index (κ1) is 13.8. The molecule has 0 aromatic heterocycles. The molecule has 1 heterocycles. The van der Waals surface area contributed by atoms with Gasteiger partial charge in [0.25, 0.3) is 0 Å². The Morgan fingerprint density at radius 3 is 2.62 bits per heavy atom. The monoisotopic (exact) mass is 263 g/mol. The van der Waals surface area contributed by atoms with E-state index in [1.165, 1.54) is 6.07 Å². The Hall–Kier alpha value is -0.310. The van der Waals surface area contributed by atoms with Gasteiger partial charge >= 0.3 is 0 Å². The number of hydrogen-bond acceptors (Lipinski definition) is 1. The maximum atomic E-state index is 13.5. The van der Waals surface area contributed by atoms with Gasteiger partial charge in [-0.05, 0) is 56.0 Å². The molecule has 0 saturated carbocycles. The Morgan fingerprint density at radius 2 is 2.00 bits per heavy atom. The largest absolute Gasteiger partial charge is 0.317 e. The van der Waals surface area contributed by atoms with Crippen LogP contribution in [0.3, 0.4) is 0 Å². The summed E-state index contributed by atoms with van der Waals surface area (Å²) in [4.78, 5) is 0. The van der Waals surface area contributed by atoms with Gasteiger partial charge in [0.1, 0.15) is 5.82 Å². The Morgan fingerprint density at radius 1 is 1.31 bits per heavy atom. The van der Waals surface area contributed by atoms with Crippen molar-refractivity contribution in [1.82, 2.24) is 5.32 Å². The van der Waals surface area contributed by atoms with Crippen molar-refractivity contribution in [3.63, 3.8) is 0 Å². The van der Waals surface area contributed by atoms with Crippen molar-refractivity contribution in [2.24, 2.45) is 5.92 Å². The molecule has 0 bridgehead atoms.